The van der Waals surface area contributed by atoms with Crippen molar-refractivity contribution < 1.29 is 14.3 Å². The lowest BCUT2D eigenvalue weighted by Gasteiger charge is -2.22. The lowest BCUT2D eigenvalue weighted by atomic mass is 10.1. The number of H-pyrrole nitrogens is 1. The van der Waals surface area contributed by atoms with Gasteiger partial charge in [-0.2, -0.15) is 0 Å². The second-order valence-corrected chi connectivity index (χ2v) is 8.03. The summed E-state index contributed by atoms with van der Waals surface area (Å²) in [6.45, 7) is 3.07. The van der Waals surface area contributed by atoms with Gasteiger partial charge in [-0.25, -0.2) is 4.98 Å². The van der Waals surface area contributed by atoms with Crippen LogP contribution in [0.25, 0.3) is 21.3 Å². The number of ether oxygens (including phenoxy) is 1. The number of benzene rings is 1. The maximum Gasteiger partial charge on any atom is 0.260 e. The molecule has 3 aromatic heterocycles. The number of hydrogen-bond acceptors (Lipinski definition) is 7. The average molecular weight is 426 g/mol. The van der Waals surface area contributed by atoms with Gasteiger partial charge in [0.25, 0.3) is 5.56 Å². The molecule has 0 amide bonds. The van der Waals surface area contributed by atoms with Crippen LogP contribution in [0.2, 0.25) is 0 Å². The van der Waals surface area contributed by atoms with Crippen molar-refractivity contribution >= 4 is 21.6 Å². The van der Waals surface area contributed by atoms with E-state index in [1.807, 2.05) is 46.7 Å². The number of hydrogen-bond donors (Lipinski definition) is 2. The Hall–Kier alpha value is -2.94. The minimum absolute atomic E-state index is 0.177. The number of nitrogens with zero attached hydrogens (tertiary/aromatic N) is 2. The lowest BCUT2D eigenvalue weighted by Crippen LogP contribution is -2.31. The van der Waals surface area contributed by atoms with Gasteiger partial charge in [-0.1, -0.05) is 12.1 Å². The van der Waals surface area contributed by atoms with Gasteiger partial charge in [0.05, 0.1) is 38.0 Å². The third-order valence-electron chi connectivity index (χ3n) is 4.73. The number of thiophene rings is 1. The van der Waals surface area contributed by atoms with E-state index in [-0.39, 0.29) is 5.56 Å². The molecule has 1 atom stereocenters. The molecule has 156 valence electrons. The van der Waals surface area contributed by atoms with Crippen LogP contribution in [0, 0.1) is 0 Å². The van der Waals surface area contributed by atoms with Crippen LogP contribution < -0.4 is 10.3 Å². The summed E-state index contributed by atoms with van der Waals surface area (Å²) in [5.74, 6) is 2.08. The molecule has 0 aliphatic heterocycles. The van der Waals surface area contributed by atoms with E-state index in [4.69, 9.17) is 9.15 Å². The third kappa shape index (κ3) is 4.46. The molecule has 7 nitrogen and oxygen atoms in total. The van der Waals surface area contributed by atoms with Gasteiger partial charge in [0.2, 0.25) is 0 Å². The van der Waals surface area contributed by atoms with Crippen LogP contribution >= 0.6 is 11.3 Å². The Balaban J connectivity index is 1.65. The molecule has 2 N–H and O–H groups in total. The molecule has 0 saturated carbocycles. The normalized spacial score (nSPS) is 12.5. The predicted molar refractivity (Wildman–Crippen MR) is 117 cm³/mol. The Morgan fingerprint density at radius 1 is 1.30 bits per heavy atom. The Labute approximate surface area is 177 Å². The maximum atomic E-state index is 12.9. The molecule has 0 bridgehead atoms. The summed E-state index contributed by atoms with van der Waals surface area (Å²) in [6.07, 6.45) is 1.10. The molecule has 3 heterocycles. The highest BCUT2D eigenvalue weighted by atomic mass is 32.1. The number of aromatic nitrogens is 2. The number of methoxy groups -OCH3 is 1. The van der Waals surface area contributed by atoms with Crippen molar-refractivity contribution in [3.05, 3.63) is 70.0 Å². The molecule has 0 saturated heterocycles. The Kier molecular flexibility index (Phi) is 5.98. The molecule has 0 spiro atoms. The fourth-order valence-electron chi connectivity index (χ4n) is 3.46. The van der Waals surface area contributed by atoms with E-state index >= 15 is 0 Å². The van der Waals surface area contributed by atoms with Gasteiger partial charge in [0.1, 0.15) is 22.2 Å². The van der Waals surface area contributed by atoms with Gasteiger partial charge < -0.3 is 19.2 Å². The molecule has 30 heavy (non-hydrogen) atoms. The Morgan fingerprint density at radius 2 is 2.17 bits per heavy atom. The fraction of sp³-hybridized carbons (Fsp3) is 0.273. The van der Waals surface area contributed by atoms with Crippen LogP contribution in [-0.4, -0.2) is 39.7 Å². The van der Waals surface area contributed by atoms with Gasteiger partial charge in [0.15, 0.2) is 0 Å². The van der Waals surface area contributed by atoms with E-state index in [0.717, 1.165) is 22.6 Å². The summed E-state index contributed by atoms with van der Waals surface area (Å²) in [4.78, 5) is 23.2. The molecule has 1 unspecified atom stereocenters. The zero-order valence-electron chi connectivity index (χ0n) is 16.8. The summed E-state index contributed by atoms with van der Waals surface area (Å²) in [5.41, 5.74) is 1.57. The molecule has 1 aromatic carbocycles. The SMILES string of the molecule is COc1cccc(-c2csc3nc(CN(Cc4ccco4)CC(C)O)[nH]c(=O)c23)c1. The van der Waals surface area contributed by atoms with Crippen LogP contribution in [0.5, 0.6) is 5.75 Å². The molecule has 4 aromatic rings. The Bertz CT molecular complexity index is 1180. The first-order valence-corrected chi connectivity index (χ1v) is 10.5. The first-order valence-electron chi connectivity index (χ1n) is 9.61. The van der Waals surface area contributed by atoms with Crippen molar-refractivity contribution in [1.82, 2.24) is 14.9 Å². The number of furan rings is 1. The lowest BCUT2D eigenvalue weighted by molar-refractivity contribution is 0.111. The molecule has 0 aliphatic rings. The molecule has 0 aliphatic carbocycles. The number of aliphatic hydroxyl groups excluding tert-OH is 1. The molecule has 0 fully saturated rings. The highest BCUT2D eigenvalue weighted by Crippen LogP contribution is 2.32. The van der Waals surface area contributed by atoms with Crippen molar-refractivity contribution in [2.75, 3.05) is 13.7 Å². The van der Waals surface area contributed by atoms with E-state index in [2.05, 4.69) is 9.97 Å². The van der Waals surface area contributed by atoms with Gasteiger partial charge in [0, 0.05) is 17.5 Å². The smallest absolute Gasteiger partial charge is 0.260 e. The van der Waals surface area contributed by atoms with Crippen LogP contribution in [-0.2, 0) is 13.1 Å². The fourth-order valence-corrected chi connectivity index (χ4v) is 4.43. The summed E-state index contributed by atoms with van der Waals surface area (Å²) in [5, 5.41) is 12.4. The average Bonchev–Trinajstić information content (AvgIpc) is 3.37. The predicted octanol–water partition coefficient (Wildman–Crippen LogP) is 3.64. The number of aliphatic hydroxyl groups is 1. The molecular formula is C22H23N3O4S. The second-order valence-electron chi connectivity index (χ2n) is 7.17. The van der Waals surface area contributed by atoms with Gasteiger partial charge in [-0.05, 0) is 36.8 Å². The largest absolute Gasteiger partial charge is 0.497 e. The van der Waals surface area contributed by atoms with Gasteiger partial charge in [-0.15, -0.1) is 11.3 Å². The van der Waals surface area contributed by atoms with Crippen molar-refractivity contribution in [3.8, 4) is 16.9 Å². The quantitative estimate of drug-likeness (QED) is 0.448. The van der Waals surface area contributed by atoms with Crippen molar-refractivity contribution in [2.45, 2.75) is 26.1 Å². The first kappa shape index (κ1) is 20.3. The molecule has 0 radical (unpaired) electrons. The number of nitrogens with one attached hydrogen (secondary N) is 1. The van der Waals surface area contributed by atoms with E-state index in [1.54, 1.807) is 20.3 Å². The maximum absolute atomic E-state index is 12.9. The summed E-state index contributed by atoms with van der Waals surface area (Å²) in [7, 11) is 1.62. The van der Waals surface area contributed by atoms with Crippen molar-refractivity contribution in [1.29, 1.82) is 0 Å². The van der Waals surface area contributed by atoms with Gasteiger partial charge >= 0.3 is 0 Å². The van der Waals surface area contributed by atoms with Crippen molar-refractivity contribution in [2.24, 2.45) is 0 Å². The third-order valence-corrected chi connectivity index (χ3v) is 5.60. The van der Waals surface area contributed by atoms with Crippen LogP contribution in [0.1, 0.15) is 18.5 Å². The second kappa shape index (κ2) is 8.83. The highest BCUT2D eigenvalue weighted by molar-refractivity contribution is 7.17. The van der Waals surface area contributed by atoms with Crippen LogP contribution in [0.4, 0.5) is 0 Å². The first-order chi connectivity index (χ1) is 14.5. The summed E-state index contributed by atoms with van der Waals surface area (Å²) < 4.78 is 10.7. The van der Waals surface area contributed by atoms with Crippen LogP contribution in [0.15, 0.2) is 57.3 Å². The summed E-state index contributed by atoms with van der Waals surface area (Å²) in [6, 6.07) is 11.3. The monoisotopic (exact) mass is 425 g/mol. The van der Waals surface area contributed by atoms with E-state index < -0.39 is 6.10 Å². The van der Waals surface area contributed by atoms with E-state index in [9.17, 15) is 9.90 Å². The van der Waals surface area contributed by atoms with Crippen molar-refractivity contribution in [3.63, 3.8) is 0 Å². The molecule has 4 rings (SSSR count). The van der Waals surface area contributed by atoms with Crippen LogP contribution in [0.3, 0.4) is 0 Å². The molecule has 8 heteroatoms. The molecular weight excluding hydrogens is 402 g/mol. The zero-order chi connectivity index (χ0) is 21.1. The zero-order valence-corrected chi connectivity index (χ0v) is 17.6. The van der Waals surface area contributed by atoms with Gasteiger partial charge in [-0.3, -0.25) is 9.69 Å². The standard InChI is InChI=1S/C22H23N3O4S/c1-14(26)10-25(11-17-7-4-8-29-17)12-19-23-21(27)20-18(13-30-22(20)24-19)15-5-3-6-16(9-15)28-2/h3-9,13-14,26H,10-12H2,1-2H3,(H,23,24,27). The van der Waals surface area contributed by atoms with E-state index in [0.29, 0.717) is 35.7 Å². The number of fused-ring (bicyclic) bond motifs is 1. The number of aromatic amines is 1. The summed E-state index contributed by atoms with van der Waals surface area (Å²) >= 11 is 1.44. The van der Waals surface area contributed by atoms with E-state index in [1.165, 1.54) is 11.3 Å². The topological polar surface area (TPSA) is 91.6 Å². The Morgan fingerprint density at radius 3 is 2.90 bits per heavy atom. The number of rotatable bonds is 8. The minimum Gasteiger partial charge on any atom is -0.497 e. The highest BCUT2D eigenvalue weighted by Gasteiger charge is 2.17. The minimum atomic E-state index is -0.517.